The Balaban J connectivity index is 2.27. The van der Waals surface area contributed by atoms with Crippen molar-refractivity contribution in [2.24, 2.45) is 0 Å². The van der Waals surface area contributed by atoms with Crippen LogP contribution < -0.4 is 10.1 Å². The van der Waals surface area contributed by atoms with Crippen LogP contribution in [-0.2, 0) is 0 Å². The van der Waals surface area contributed by atoms with Gasteiger partial charge in [-0.15, -0.1) is 11.3 Å². The van der Waals surface area contributed by atoms with Crippen molar-refractivity contribution in [1.29, 1.82) is 5.26 Å². The summed E-state index contributed by atoms with van der Waals surface area (Å²) in [4.78, 5) is 12.2. The van der Waals surface area contributed by atoms with Gasteiger partial charge in [-0.05, 0) is 12.8 Å². The van der Waals surface area contributed by atoms with Crippen LogP contribution in [0.2, 0.25) is 0 Å². The van der Waals surface area contributed by atoms with Crippen LogP contribution in [0.5, 0.6) is 5.75 Å². The third-order valence-electron chi connectivity index (χ3n) is 2.04. The second-order valence-corrected chi connectivity index (χ2v) is 4.13. The number of methoxy groups -OCH3 is 1. The van der Waals surface area contributed by atoms with E-state index < -0.39 is 0 Å². The quantitative estimate of drug-likeness (QED) is 0.773. The molecule has 1 rings (SSSR count). The Hall–Kier alpha value is -1.54. The van der Waals surface area contributed by atoms with Crippen LogP contribution in [0.3, 0.4) is 0 Å². The Labute approximate surface area is 98.8 Å². The van der Waals surface area contributed by atoms with Crippen molar-refractivity contribution in [1.82, 2.24) is 5.32 Å². The topological polar surface area (TPSA) is 62.1 Å². The second-order valence-electron chi connectivity index (χ2n) is 3.22. The minimum atomic E-state index is -0.0785. The third-order valence-corrected chi connectivity index (χ3v) is 2.94. The van der Waals surface area contributed by atoms with Crippen LogP contribution in [0.4, 0.5) is 0 Å². The van der Waals surface area contributed by atoms with Crippen molar-refractivity contribution in [2.45, 2.75) is 19.3 Å². The maximum Gasteiger partial charge on any atom is 0.261 e. The standard InChI is InChI=1S/C11H14N2O2S/c1-15-9-7-10(16-8-9)11(14)13-6-4-2-3-5-12/h7-8H,2-4,6H2,1H3,(H,13,14). The Kier molecular flexibility index (Phi) is 5.37. The van der Waals surface area contributed by atoms with E-state index in [1.54, 1.807) is 18.6 Å². The average Bonchev–Trinajstić information content (AvgIpc) is 2.77. The number of nitrogens with one attached hydrogen (secondary N) is 1. The smallest absolute Gasteiger partial charge is 0.261 e. The zero-order valence-corrected chi connectivity index (χ0v) is 9.97. The fraction of sp³-hybridized carbons (Fsp3) is 0.455. The van der Waals surface area contributed by atoms with E-state index in [0.29, 0.717) is 23.6 Å². The molecule has 5 heteroatoms. The second kappa shape index (κ2) is 6.85. The lowest BCUT2D eigenvalue weighted by atomic mass is 10.2. The summed E-state index contributed by atoms with van der Waals surface area (Å²) >= 11 is 1.36. The first-order valence-corrected chi connectivity index (χ1v) is 5.93. The molecular weight excluding hydrogens is 224 g/mol. The van der Waals surface area contributed by atoms with Gasteiger partial charge >= 0.3 is 0 Å². The number of hydrogen-bond donors (Lipinski definition) is 1. The summed E-state index contributed by atoms with van der Waals surface area (Å²) in [5, 5.41) is 12.9. The molecule has 0 fully saturated rings. The highest BCUT2D eigenvalue weighted by atomic mass is 32.1. The average molecular weight is 238 g/mol. The SMILES string of the molecule is COc1csc(C(=O)NCCCCC#N)c1. The molecule has 0 saturated heterocycles. The van der Waals surface area contributed by atoms with Gasteiger partial charge < -0.3 is 10.1 Å². The van der Waals surface area contributed by atoms with Crippen molar-refractivity contribution in [3.05, 3.63) is 16.3 Å². The predicted octanol–water partition coefficient (Wildman–Crippen LogP) is 2.18. The Morgan fingerprint density at radius 2 is 2.44 bits per heavy atom. The fourth-order valence-electron chi connectivity index (χ4n) is 1.16. The number of hydrogen-bond acceptors (Lipinski definition) is 4. The number of carbonyl (C=O) groups is 1. The number of nitrogens with zero attached hydrogens (tertiary/aromatic N) is 1. The number of ether oxygens (including phenoxy) is 1. The minimum absolute atomic E-state index is 0.0785. The van der Waals surface area contributed by atoms with Gasteiger partial charge in [-0.3, -0.25) is 4.79 Å². The molecule has 1 amide bonds. The first-order chi connectivity index (χ1) is 7.77. The maximum absolute atomic E-state index is 11.6. The molecule has 0 aromatic carbocycles. The van der Waals surface area contributed by atoms with Gasteiger partial charge in [0.25, 0.3) is 5.91 Å². The van der Waals surface area contributed by atoms with Crippen LogP contribution in [-0.4, -0.2) is 19.6 Å². The molecular formula is C11H14N2O2S. The van der Waals surface area contributed by atoms with Gasteiger partial charge in [-0.2, -0.15) is 5.26 Å². The molecule has 4 nitrogen and oxygen atoms in total. The Bertz CT molecular complexity index is 382. The highest BCUT2D eigenvalue weighted by Crippen LogP contribution is 2.20. The molecule has 0 saturated carbocycles. The van der Waals surface area contributed by atoms with Crippen LogP contribution in [0, 0.1) is 11.3 Å². The third kappa shape index (κ3) is 3.91. The summed E-state index contributed by atoms with van der Waals surface area (Å²) in [6.07, 6.45) is 2.20. The molecule has 1 aromatic heterocycles. The number of amides is 1. The molecule has 0 atom stereocenters. The predicted molar refractivity (Wildman–Crippen MR) is 62.7 cm³/mol. The molecule has 0 aliphatic heterocycles. The summed E-state index contributed by atoms with van der Waals surface area (Å²) in [6, 6.07) is 3.79. The summed E-state index contributed by atoms with van der Waals surface area (Å²) in [6.45, 7) is 0.612. The Morgan fingerprint density at radius 3 is 3.06 bits per heavy atom. The molecule has 1 N–H and O–H groups in total. The number of nitriles is 1. The Morgan fingerprint density at radius 1 is 1.62 bits per heavy atom. The van der Waals surface area contributed by atoms with Crippen LogP contribution >= 0.6 is 11.3 Å². The van der Waals surface area contributed by atoms with Crippen molar-refractivity contribution < 1.29 is 9.53 Å². The molecule has 0 aliphatic rings. The van der Waals surface area contributed by atoms with Crippen LogP contribution in [0.1, 0.15) is 28.9 Å². The van der Waals surface area contributed by atoms with Gasteiger partial charge in [0.15, 0.2) is 0 Å². The highest BCUT2D eigenvalue weighted by Gasteiger charge is 2.08. The van der Waals surface area contributed by atoms with Crippen molar-refractivity contribution in [2.75, 3.05) is 13.7 Å². The largest absolute Gasteiger partial charge is 0.496 e. The number of carbonyl (C=O) groups excluding carboxylic acids is 1. The van der Waals surface area contributed by atoms with Crippen LogP contribution in [0.25, 0.3) is 0 Å². The fourth-order valence-corrected chi connectivity index (χ4v) is 1.93. The molecule has 0 bridgehead atoms. The van der Waals surface area contributed by atoms with Crippen LogP contribution in [0.15, 0.2) is 11.4 Å². The normalized spacial score (nSPS) is 9.50. The molecule has 1 heterocycles. The van der Waals surface area contributed by atoms with Crippen molar-refractivity contribution in [3.63, 3.8) is 0 Å². The summed E-state index contributed by atoms with van der Waals surface area (Å²) in [7, 11) is 1.58. The minimum Gasteiger partial charge on any atom is -0.496 e. The van der Waals surface area contributed by atoms with E-state index in [0.717, 1.165) is 12.8 Å². The van der Waals surface area contributed by atoms with Gasteiger partial charge in [0.2, 0.25) is 0 Å². The molecule has 0 radical (unpaired) electrons. The van der Waals surface area contributed by atoms with Crippen molar-refractivity contribution in [3.8, 4) is 11.8 Å². The van der Waals surface area contributed by atoms with Gasteiger partial charge in [0.05, 0.1) is 18.1 Å². The van der Waals surface area contributed by atoms with E-state index in [-0.39, 0.29) is 5.91 Å². The van der Waals surface area contributed by atoms with E-state index in [1.807, 2.05) is 0 Å². The van der Waals surface area contributed by atoms with E-state index >= 15 is 0 Å². The molecule has 16 heavy (non-hydrogen) atoms. The summed E-state index contributed by atoms with van der Waals surface area (Å²) in [5.41, 5.74) is 0. The van der Waals surface area contributed by atoms with Gasteiger partial charge in [-0.1, -0.05) is 0 Å². The monoisotopic (exact) mass is 238 g/mol. The number of thiophene rings is 1. The first kappa shape index (κ1) is 12.5. The number of unbranched alkanes of at least 4 members (excludes halogenated alkanes) is 2. The summed E-state index contributed by atoms with van der Waals surface area (Å²) in [5.74, 6) is 0.630. The number of rotatable bonds is 6. The summed E-state index contributed by atoms with van der Waals surface area (Å²) < 4.78 is 5.00. The zero-order valence-electron chi connectivity index (χ0n) is 9.16. The van der Waals surface area contributed by atoms with Gasteiger partial charge in [-0.25, -0.2) is 0 Å². The lowest BCUT2D eigenvalue weighted by Gasteiger charge is -2.01. The van der Waals surface area contributed by atoms with E-state index in [4.69, 9.17) is 10.00 Å². The lowest BCUT2D eigenvalue weighted by molar-refractivity contribution is 0.0957. The van der Waals surface area contributed by atoms with Gasteiger partial charge in [0, 0.05) is 24.4 Å². The van der Waals surface area contributed by atoms with Gasteiger partial charge in [0.1, 0.15) is 5.75 Å². The maximum atomic E-state index is 11.6. The first-order valence-electron chi connectivity index (χ1n) is 5.05. The molecule has 1 aromatic rings. The van der Waals surface area contributed by atoms with E-state index in [9.17, 15) is 4.79 Å². The lowest BCUT2D eigenvalue weighted by Crippen LogP contribution is -2.23. The molecule has 0 aliphatic carbocycles. The highest BCUT2D eigenvalue weighted by molar-refractivity contribution is 7.12. The molecule has 86 valence electrons. The molecule has 0 spiro atoms. The van der Waals surface area contributed by atoms with E-state index in [1.165, 1.54) is 11.3 Å². The zero-order chi connectivity index (χ0) is 11.8. The van der Waals surface area contributed by atoms with E-state index in [2.05, 4.69) is 11.4 Å². The van der Waals surface area contributed by atoms with Crippen molar-refractivity contribution >= 4 is 17.2 Å². The molecule has 0 unspecified atom stereocenters.